The number of allylic oxidation sites excluding steroid dienone is 1. The van der Waals surface area contributed by atoms with Gasteiger partial charge in [0, 0.05) is 11.3 Å². The molecular weight excluding hydrogens is 360 g/mol. The van der Waals surface area contributed by atoms with Crippen molar-refractivity contribution in [2.24, 2.45) is 4.99 Å². The van der Waals surface area contributed by atoms with Crippen LogP contribution in [0.15, 0.2) is 114 Å². The molecule has 0 aliphatic carbocycles. The number of esters is 1. The van der Waals surface area contributed by atoms with Crippen molar-refractivity contribution in [1.82, 2.24) is 5.32 Å². The summed E-state index contributed by atoms with van der Waals surface area (Å²) < 4.78 is 5.37. The number of hydrogen-bond acceptors (Lipinski definition) is 4. The molecule has 0 saturated carbocycles. The van der Waals surface area contributed by atoms with Crippen molar-refractivity contribution in [3.63, 3.8) is 0 Å². The topological polar surface area (TPSA) is 50.7 Å². The third-order valence-corrected chi connectivity index (χ3v) is 4.42. The summed E-state index contributed by atoms with van der Waals surface area (Å²) in [5, 5.41) is 3.23. The first-order valence-electron chi connectivity index (χ1n) is 9.38. The molecule has 4 nitrogen and oxygen atoms in total. The molecule has 3 aromatic carbocycles. The number of ether oxygens (including phenoxy) is 1. The van der Waals surface area contributed by atoms with Gasteiger partial charge in [0.05, 0.1) is 11.8 Å². The maximum Gasteiger partial charge on any atom is 0.334 e. The molecule has 1 aliphatic heterocycles. The summed E-state index contributed by atoms with van der Waals surface area (Å²) >= 11 is 0. The quantitative estimate of drug-likeness (QED) is 0.515. The lowest BCUT2D eigenvalue weighted by atomic mass is 10.0. The number of nitrogens with zero attached hydrogens (tertiary/aromatic N) is 1. The highest BCUT2D eigenvalue weighted by molar-refractivity contribution is 6.13. The molecule has 29 heavy (non-hydrogen) atoms. The van der Waals surface area contributed by atoms with Gasteiger partial charge in [-0.15, -0.1) is 0 Å². The molecule has 0 bridgehead atoms. The molecule has 1 heterocycles. The highest BCUT2D eigenvalue weighted by atomic mass is 16.5. The Balaban J connectivity index is 1.59. The van der Waals surface area contributed by atoms with E-state index in [4.69, 9.17) is 4.74 Å². The van der Waals surface area contributed by atoms with Crippen molar-refractivity contribution in [3.05, 3.63) is 126 Å². The van der Waals surface area contributed by atoms with Crippen molar-refractivity contribution in [3.8, 4) is 0 Å². The van der Waals surface area contributed by atoms with Crippen LogP contribution >= 0.6 is 0 Å². The van der Waals surface area contributed by atoms with E-state index < -0.39 is 5.97 Å². The molecule has 4 rings (SSSR count). The third kappa shape index (κ3) is 4.87. The first kappa shape index (κ1) is 18.4. The summed E-state index contributed by atoms with van der Waals surface area (Å²) in [5.41, 5.74) is 4.59. The molecule has 0 aromatic heterocycles. The molecule has 0 fully saturated rings. The van der Waals surface area contributed by atoms with Crippen LogP contribution in [0.4, 0.5) is 0 Å². The Hall–Kier alpha value is -3.92. The molecule has 142 valence electrons. The first-order chi connectivity index (χ1) is 14.3. The summed E-state index contributed by atoms with van der Waals surface area (Å²) in [5.74, 6) is 0.00472. The van der Waals surface area contributed by atoms with E-state index >= 15 is 0 Å². The van der Waals surface area contributed by atoms with Gasteiger partial charge in [-0.3, -0.25) is 0 Å². The Morgan fingerprint density at radius 3 is 2.07 bits per heavy atom. The van der Waals surface area contributed by atoms with E-state index in [0.717, 1.165) is 28.1 Å². The molecule has 0 saturated heterocycles. The zero-order valence-electron chi connectivity index (χ0n) is 15.8. The molecule has 0 unspecified atom stereocenters. The molecule has 3 aromatic rings. The number of carbonyl (C=O) groups is 1. The minimum Gasteiger partial charge on any atom is -0.458 e. The predicted molar refractivity (Wildman–Crippen MR) is 115 cm³/mol. The van der Waals surface area contributed by atoms with E-state index in [1.165, 1.54) is 6.08 Å². The summed E-state index contributed by atoms with van der Waals surface area (Å²) in [6, 6.07) is 29.4. The Bertz CT molecular complexity index is 1070. The predicted octanol–water partition coefficient (Wildman–Crippen LogP) is 4.70. The van der Waals surface area contributed by atoms with Crippen LogP contribution in [0.25, 0.3) is 5.70 Å². The molecule has 1 N–H and O–H groups in total. The van der Waals surface area contributed by atoms with Crippen molar-refractivity contribution in [2.45, 2.75) is 6.61 Å². The van der Waals surface area contributed by atoms with Crippen LogP contribution < -0.4 is 5.32 Å². The average molecular weight is 380 g/mol. The number of benzene rings is 3. The summed E-state index contributed by atoms with van der Waals surface area (Å²) in [6.07, 6.45) is 3.37. The van der Waals surface area contributed by atoms with Gasteiger partial charge >= 0.3 is 5.97 Å². The molecule has 0 amide bonds. The van der Waals surface area contributed by atoms with Crippen LogP contribution in [0.1, 0.15) is 16.7 Å². The van der Waals surface area contributed by atoms with Crippen molar-refractivity contribution >= 4 is 17.4 Å². The minimum atomic E-state index is -0.443. The average Bonchev–Trinajstić information content (AvgIpc) is 2.79. The Kier molecular flexibility index (Phi) is 5.63. The highest BCUT2D eigenvalue weighted by Gasteiger charge is 2.14. The fraction of sp³-hybridized carbons (Fsp3) is 0.0400. The molecular formula is C25H20N2O2. The standard InChI is InChI=1S/C25H20N2O2/c28-25(29-18-19-10-4-1-5-11-19)17-24-26-22(20-12-6-2-7-13-20)16-23(27-24)21-14-8-3-9-15-21/h1-17,26H,18H2/b24-17+. The number of hydrogen-bond donors (Lipinski definition) is 1. The monoisotopic (exact) mass is 380 g/mol. The Morgan fingerprint density at radius 1 is 0.828 bits per heavy atom. The van der Waals surface area contributed by atoms with E-state index in [0.29, 0.717) is 5.82 Å². The van der Waals surface area contributed by atoms with Gasteiger partial charge in [0.2, 0.25) is 0 Å². The molecule has 0 radical (unpaired) electrons. The fourth-order valence-electron chi connectivity index (χ4n) is 2.98. The van der Waals surface area contributed by atoms with Crippen LogP contribution in [0.3, 0.4) is 0 Å². The van der Waals surface area contributed by atoms with E-state index in [1.807, 2.05) is 97.1 Å². The van der Waals surface area contributed by atoms with Crippen LogP contribution in [0.2, 0.25) is 0 Å². The Morgan fingerprint density at radius 2 is 1.41 bits per heavy atom. The molecule has 4 heteroatoms. The van der Waals surface area contributed by atoms with Gasteiger partial charge in [0.1, 0.15) is 12.4 Å². The van der Waals surface area contributed by atoms with Gasteiger partial charge in [-0.1, -0.05) is 91.0 Å². The molecule has 0 atom stereocenters. The van der Waals surface area contributed by atoms with Crippen molar-refractivity contribution < 1.29 is 9.53 Å². The Labute approximate surface area is 169 Å². The maximum atomic E-state index is 12.3. The van der Waals surface area contributed by atoms with Crippen LogP contribution in [-0.4, -0.2) is 11.7 Å². The lowest BCUT2D eigenvalue weighted by molar-refractivity contribution is -0.139. The largest absolute Gasteiger partial charge is 0.458 e. The van der Waals surface area contributed by atoms with Gasteiger partial charge < -0.3 is 10.1 Å². The van der Waals surface area contributed by atoms with Gasteiger partial charge in [-0.2, -0.15) is 0 Å². The number of rotatable bonds is 5. The number of carbonyl (C=O) groups excluding carboxylic acids is 1. The van der Waals surface area contributed by atoms with E-state index in [1.54, 1.807) is 0 Å². The minimum absolute atomic E-state index is 0.222. The number of aliphatic imine (C=N–C) groups is 1. The summed E-state index contributed by atoms with van der Waals surface area (Å²) in [7, 11) is 0. The van der Waals surface area contributed by atoms with Gasteiger partial charge in [0.25, 0.3) is 0 Å². The lowest BCUT2D eigenvalue weighted by Crippen LogP contribution is -2.20. The van der Waals surface area contributed by atoms with Crippen LogP contribution in [-0.2, 0) is 16.1 Å². The fourth-order valence-corrected chi connectivity index (χ4v) is 2.98. The second-order valence-corrected chi connectivity index (χ2v) is 6.53. The molecule has 1 aliphatic rings. The van der Waals surface area contributed by atoms with Crippen molar-refractivity contribution in [1.29, 1.82) is 0 Å². The van der Waals surface area contributed by atoms with Gasteiger partial charge in [-0.25, -0.2) is 9.79 Å². The molecule has 0 spiro atoms. The lowest BCUT2D eigenvalue weighted by Gasteiger charge is -2.18. The second-order valence-electron chi connectivity index (χ2n) is 6.53. The van der Waals surface area contributed by atoms with E-state index in [-0.39, 0.29) is 6.61 Å². The zero-order valence-corrected chi connectivity index (χ0v) is 15.8. The first-order valence-corrected chi connectivity index (χ1v) is 9.38. The zero-order chi connectivity index (χ0) is 19.9. The second kappa shape index (κ2) is 8.85. The van der Waals surface area contributed by atoms with Crippen LogP contribution in [0, 0.1) is 0 Å². The van der Waals surface area contributed by atoms with Gasteiger partial charge in [-0.05, 0) is 17.2 Å². The SMILES string of the molecule is O=C(/C=C1/N=C(c2ccccc2)C=C(c2ccccc2)N1)OCc1ccccc1. The maximum absolute atomic E-state index is 12.3. The smallest absolute Gasteiger partial charge is 0.334 e. The van der Waals surface area contributed by atoms with E-state index in [2.05, 4.69) is 10.3 Å². The van der Waals surface area contributed by atoms with Gasteiger partial charge in [0.15, 0.2) is 0 Å². The third-order valence-electron chi connectivity index (χ3n) is 4.42. The van der Waals surface area contributed by atoms with Crippen molar-refractivity contribution in [2.75, 3.05) is 0 Å². The van der Waals surface area contributed by atoms with E-state index in [9.17, 15) is 4.79 Å². The van der Waals surface area contributed by atoms with Crippen LogP contribution in [0.5, 0.6) is 0 Å². The highest BCUT2D eigenvalue weighted by Crippen LogP contribution is 2.20. The normalized spacial score (nSPS) is 14.6. The number of nitrogens with one attached hydrogen (secondary N) is 1. The summed E-state index contributed by atoms with van der Waals surface area (Å²) in [6.45, 7) is 0.222. The summed E-state index contributed by atoms with van der Waals surface area (Å²) in [4.78, 5) is 17.0.